The van der Waals surface area contributed by atoms with E-state index >= 15 is 0 Å². The van der Waals surface area contributed by atoms with Gasteiger partial charge in [-0.3, -0.25) is 4.79 Å². The van der Waals surface area contributed by atoms with Gasteiger partial charge in [0, 0.05) is 12.1 Å². The second kappa shape index (κ2) is 14.1. The lowest BCUT2D eigenvalue weighted by Gasteiger charge is -2.12. The molecule has 0 unspecified atom stereocenters. The van der Waals surface area contributed by atoms with Crippen molar-refractivity contribution in [1.82, 2.24) is 16.0 Å². The standard InChI is InChI=1S/C24H28N4O3.HI/c1-2-25-24(26-13-15-31-21-10-4-3-5-11-21)28-17-19-8-6-9-20(16-19)23(29)27-18-22-12-7-14-30-22;/h3-12,14,16H,2,13,15,17-18H2,1H3,(H,27,29)(H2,25,26,28);1H. The molecule has 3 aromatic rings. The van der Waals surface area contributed by atoms with E-state index in [0.29, 0.717) is 43.5 Å². The molecule has 0 bridgehead atoms. The second-order valence-corrected chi connectivity index (χ2v) is 6.75. The zero-order valence-electron chi connectivity index (χ0n) is 18.0. The second-order valence-electron chi connectivity index (χ2n) is 6.75. The van der Waals surface area contributed by atoms with Gasteiger partial charge in [-0.05, 0) is 48.9 Å². The van der Waals surface area contributed by atoms with Crippen molar-refractivity contribution in [1.29, 1.82) is 0 Å². The molecule has 1 aromatic heterocycles. The number of carbonyl (C=O) groups excluding carboxylic acids is 1. The lowest BCUT2D eigenvalue weighted by molar-refractivity contribution is 0.0948. The molecule has 1 heterocycles. The first kappa shape index (κ1) is 25.3. The summed E-state index contributed by atoms with van der Waals surface area (Å²) < 4.78 is 10.9. The Morgan fingerprint density at radius 2 is 1.84 bits per heavy atom. The van der Waals surface area contributed by atoms with Crippen molar-refractivity contribution in [3.05, 3.63) is 89.9 Å². The van der Waals surface area contributed by atoms with Crippen molar-refractivity contribution in [2.45, 2.75) is 20.0 Å². The van der Waals surface area contributed by atoms with Crippen LogP contribution in [0.15, 0.2) is 82.4 Å². The highest BCUT2D eigenvalue weighted by Crippen LogP contribution is 2.09. The van der Waals surface area contributed by atoms with E-state index in [1.165, 1.54) is 0 Å². The van der Waals surface area contributed by atoms with Crippen LogP contribution in [0.2, 0.25) is 0 Å². The van der Waals surface area contributed by atoms with E-state index in [4.69, 9.17) is 9.15 Å². The molecule has 0 spiro atoms. The number of furan rings is 1. The topological polar surface area (TPSA) is 87.9 Å². The fourth-order valence-corrected chi connectivity index (χ4v) is 2.86. The minimum atomic E-state index is -0.148. The molecule has 7 nitrogen and oxygen atoms in total. The molecule has 0 aliphatic rings. The maximum Gasteiger partial charge on any atom is 0.251 e. The number of amides is 1. The molecule has 0 atom stereocenters. The van der Waals surface area contributed by atoms with E-state index < -0.39 is 0 Å². The van der Waals surface area contributed by atoms with Crippen LogP contribution in [0, 0.1) is 0 Å². The molecule has 0 aliphatic carbocycles. The lowest BCUT2D eigenvalue weighted by atomic mass is 10.1. The van der Waals surface area contributed by atoms with Crippen molar-refractivity contribution < 1.29 is 13.9 Å². The molecule has 1 amide bonds. The first-order valence-corrected chi connectivity index (χ1v) is 10.3. The van der Waals surface area contributed by atoms with E-state index in [2.05, 4.69) is 20.9 Å². The molecule has 8 heteroatoms. The van der Waals surface area contributed by atoms with Crippen molar-refractivity contribution >= 4 is 35.8 Å². The van der Waals surface area contributed by atoms with Crippen LogP contribution in [0.3, 0.4) is 0 Å². The van der Waals surface area contributed by atoms with E-state index in [-0.39, 0.29) is 29.9 Å². The van der Waals surface area contributed by atoms with Crippen molar-refractivity contribution in [3.8, 4) is 5.75 Å². The van der Waals surface area contributed by atoms with Gasteiger partial charge in [-0.25, -0.2) is 4.99 Å². The summed E-state index contributed by atoms with van der Waals surface area (Å²) in [5.74, 6) is 2.11. The monoisotopic (exact) mass is 548 g/mol. The molecule has 2 aromatic carbocycles. The Balaban J connectivity index is 0.00000363. The van der Waals surface area contributed by atoms with Gasteiger partial charge in [-0.2, -0.15) is 0 Å². The highest BCUT2D eigenvalue weighted by molar-refractivity contribution is 14.0. The van der Waals surface area contributed by atoms with Gasteiger partial charge in [-0.15, -0.1) is 24.0 Å². The number of nitrogens with one attached hydrogen (secondary N) is 3. The molecule has 0 radical (unpaired) electrons. The summed E-state index contributed by atoms with van der Waals surface area (Å²) in [5, 5.41) is 9.33. The SMILES string of the molecule is CCNC(=NCc1cccc(C(=O)NCc2ccco2)c1)NCCOc1ccccc1.I. The molecule has 3 rings (SSSR count). The number of hydrogen-bond donors (Lipinski definition) is 3. The van der Waals surface area contributed by atoms with Crippen LogP contribution < -0.4 is 20.7 Å². The van der Waals surface area contributed by atoms with Gasteiger partial charge < -0.3 is 25.1 Å². The maximum absolute atomic E-state index is 12.4. The van der Waals surface area contributed by atoms with E-state index in [1.807, 2.05) is 61.5 Å². The normalized spacial score (nSPS) is 10.7. The highest BCUT2D eigenvalue weighted by atomic mass is 127. The van der Waals surface area contributed by atoms with Gasteiger partial charge >= 0.3 is 0 Å². The summed E-state index contributed by atoms with van der Waals surface area (Å²) in [6.07, 6.45) is 1.59. The largest absolute Gasteiger partial charge is 0.492 e. The predicted octanol–water partition coefficient (Wildman–Crippen LogP) is 3.96. The third kappa shape index (κ3) is 8.62. The minimum absolute atomic E-state index is 0. The first-order valence-electron chi connectivity index (χ1n) is 10.3. The number of carbonyl (C=O) groups is 1. The zero-order valence-corrected chi connectivity index (χ0v) is 20.4. The number of halogens is 1. The minimum Gasteiger partial charge on any atom is -0.492 e. The maximum atomic E-state index is 12.4. The smallest absolute Gasteiger partial charge is 0.251 e. The number of benzene rings is 2. The molecule has 0 aliphatic heterocycles. The van der Waals surface area contributed by atoms with Gasteiger partial charge in [0.15, 0.2) is 5.96 Å². The van der Waals surface area contributed by atoms with Crippen LogP contribution in [0.25, 0.3) is 0 Å². The number of rotatable bonds is 10. The van der Waals surface area contributed by atoms with E-state index in [9.17, 15) is 4.79 Å². The van der Waals surface area contributed by atoms with Gasteiger partial charge in [0.2, 0.25) is 0 Å². The fraction of sp³-hybridized carbons (Fsp3) is 0.250. The summed E-state index contributed by atoms with van der Waals surface area (Å²) in [6.45, 7) is 4.72. The molecular weight excluding hydrogens is 519 g/mol. The molecule has 170 valence electrons. The number of ether oxygens (including phenoxy) is 1. The van der Waals surface area contributed by atoms with Gasteiger partial charge in [0.05, 0.1) is 25.9 Å². The Kier molecular flexibility index (Phi) is 11.1. The van der Waals surface area contributed by atoms with Crippen LogP contribution in [0.1, 0.15) is 28.6 Å². The third-order valence-electron chi connectivity index (χ3n) is 4.36. The van der Waals surface area contributed by atoms with Crippen LogP contribution in [-0.4, -0.2) is 31.6 Å². The van der Waals surface area contributed by atoms with Crippen molar-refractivity contribution in [3.63, 3.8) is 0 Å². The fourth-order valence-electron chi connectivity index (χ4n) is 2.86. The zero-order chi connectivity index (χ0) is 21.7. The quantitative estimate of drug-likeness (QED) is 0.155. The summed E-state index contributed by atoms with van der Waals surface area (Å²) in [6, 6.07) is 20.8. The average Bonchev–Trinajstić information content (AvgIpc) is 3.33. The Bertz CT molecular complexity index is 962. The lowest BCUT2D eigenvalue weighted by Crippen LogP contribution is -2.39. The molecule has 0 fully saturated rings. The number of hydrogen-bond acceptors (Lipinski definition) is 4. The summed E-state index contributed by atoms with van der Waals surface area (Å²) in [5.41, 5.74) is 1.54. The van der Waals surface area contributed by atoms with Crippen LogP contribution >= 0.6 is 24.0 Å². The highest BCUT2D eigenvalue weighted by Gasteiger charge is 2.07. The molecule has 3 N–H and O–H groups in total. The third-order valence-corrected chi connectivity index (χ3v) is 4.36. The van der Waals surface area contributed by atoms with Crippen LogP contribution in [0.5, 0.6) is 5.75 Å². The summed E-state index contributed by atoms with van der Waals surface area (Å²) >= 11 is 0. The Morgan fingerprint density at radius 3 is 2.59 bits per heavy atom. The van der Waals surface area contributed by atoms with Crippen LogP contribution in [0.4, 0.5) is 0 Å². The Morgan fingerprint density at radius 1 is 1.00 bits per heavy atom. The number of guanidine groups is 1. The van der Waals surface area contributed by atoms with Crippen molar-refractivity contribution in [2.75, 3.05) is 19.7 Å². The molecule has 32 heavy (non-hydrogen) atoms. The number of para-hydroxylation sites is 1. The van der Waals surface area contributed by atoms with E-state index in [0.717, 1.165) is 17.9 Å². The predicted molar refractivity (Wildman–Crippen MR) is 136 cm³/mol. The summed E-state index contributed by atoms with van der Waals surface area (Å²) in [4.78, 5) is 17.0. The Labute approximate surface area is 205 Å². The van der Waals surface area contributed by atoms with Gasteiger partial charge in [0.25, 0.3) is 5.91 Å². The molecular formula is C24H29IN4O3. The molecule has 0 saturated carbocycles. The average molecular weight is 548 g/mol. The van der Waals surface area contributed by atoms with Gasteiger partial charge in [0.1, 0.15) is 18.1 Å². The Hall–Kier alpha value is -3.01. The number of aliphatic imine (C=N–C) groups is 1. The first-order chi connectivity index (χ1) is 15.2. The summed E-state index contributed by atoms with van der Waals surface area (Å²) in [7, 11) is 0. The van der Waals surface area contributed by atoms with Crippen LogP contribution in [-0.2, 0) is 13.1 Å². The number of nitrogens with zero attached hydrogens (tertiary/aromatic N) is 1. The van der Waals surface area contributed by atoms with Gasteiger partial charge in [-0.1, -0.05) is 30.3 Å². The van der Waals surface area contributed by atoms with E-state index in [1.54, 1.807) is 18.4 Å². The van der Waals surface area contributed by atoms with Crippen molar-refractivity contribution in [2.24, 2.45) is 4.99 Å². The molecule has 0 saturated heterocycles.